The second kappa shape index (κ2) is 5.22. The van der Waals surface area contributed by atoms with E-state index in [4.69, 9.17) is 9.84 Å². The third-order valence-corrected chi connectivity index (χ3v) is 3.87. The quantitative estimate of drug-likeness (QED) is 0.747. The molecule has 17 heavy (non-hydrogen) atoms. The molecule has 1 heterocycles. The lowest BCUT2D eigenvalue weighted by Crippen LogP contribution is -2.49. The minimum atomic E-state index is -0.150. The molecule has 1 fully saturated rings. The third-order valence-electron chi connectivity index (χ3n) is 3.87. The lowest BCUT2D eigenvalue weighted by atomic mass is 9.82. The Morgan fingerprint density at radius 3 is 2.29 bits per heavy atom. The molecule has 1 aliphatic heterocycles. The largest absolute Gasteiger partial charge is 0.395 e. The Morgan fingerprint density at radius 2 is 1.82 bits per heavy atom. The number of rotatable bonds is 5. The Kier molecular flexibility index (Phi) is 4.58. The minimum Gasteiger partial charge on any atom is -0.395 e. The van der Waals surface area contributed by atoms with E-state index in [0.717, 1.165) is 6.54 Å². The van der Waals surface area contributed by atoms with Gasteiger partial charge < -0.3 is 20.1 Å². The number of hydrogen-bond donors (Lipinski definition) is 2. The van der Waals surface area contributed by atoms with E-state index in [9.17, 15) is 0 Å². The lowest BCUT2D eigenvalue weighted by molar-refractivity contribution is -0.0791. The number of likely N-dealkylation sites (N-methyl/N-ethyl adjacent to an activating group) is 2. The maximum Gasteiger partial charge on any atom is 0.0790 e. The fourth-order valence-electron chi connectivity index (χ4n) is 3.17. The van der Waals surface area contributed by atoms with Crippen LogP contribution in [0.2, 0.25) is 0 Å². The van der Waals surface area contributed by atoms with Crippen molar-refractivity contribution in [3.8, 4) is 0 Å². The number of nitrogens with one attached hydrogen (secondary N) is 1. The van der Waals surface area contributed by atoms with E-state index in [1.807, 2.05) is 14.1 Å². The predicted molar refractivity (Wildman–Crippen MR) is 70.2 cm³/mol. The van der Waals surface area contributed by atoms with Crippen LogP contribution in [0.4, 0.5) is 0 Å². The standard InChI is InChI=1S/C13H28N2O2/c1-12(2)10(9-15(6)7-8-16)11(14-5)13(3,4)17-12/h10-11,14,16H,7-9H2,1-6H3. The first-order valence-electron chi connectivity index (χ1n) is 6.41. The van der Waals surface area contributed by atoms with Crippen molar-refractivity contribution in [2.45, 2.75) is 44.9 Å². The Balaban J connectivity index is 2.79. The van der Waals surface area contributed by atoms with Gasteiger partial charge in [0.1, 0.15) is 0 Å². The van der Waals surface area contributed by atoms with Crippen molar-refractivity contribution in [1.82, 2.24) is 10.2 Å². The minimum absolute atomic E-state index is 0.138. The van der Waals surface area contributed by atoms with Crippen molar-refractivity contribution in [2.75, 3.05) is 33.8 Å². The number of aliphatic hydroxyl groups is 1. The molecule has 2 N–H and O–H groups in total. The molecule has 1 saturated heterocycles. The normalized spacial score (nSPS) is 31.1. The van der Waals surface area contributed by atoms with Crippen molar-refractivity contribution in [3.05, 3.63) is 0 Å². The molecule has 4 nitrogen and oxygen atoms in total. The first-order chi connectivity index (χ1) is 7.74. The topological polar surface area (TPSA) is 44.7 Å². The van der Waals surface area contributed by atoms with Gasteiger partial charge in [-0.05, 0) is 41.8 Å². The zero-order valence-corrected chi connectivity index (χ0v) is 12.1. The summed E-state index contributed by atoms with van der Waals surface area (Å²) in [7, 11) is 4.04. The first kappa shape index (κ1) is 14.9. The Bertz CT molecular complexity index is 254. The van der Waals surface area contributed by atoms with E-state index in [1.165, 1.54) is 0 Å². The molecule has 102 valence electrons. The Morgan fingerprint density at radius 1 is 1.24 bits per heavy atom. The first-order valence-corrected chi connectivity index (χ1v) is 6.41. The maximum atomic E-state index is 8.98. The van der Waals surface area contributed by atoms with Crippen LogP contribution in [0.25, 0.3) is 0 Å². The zero-order valence-electron chi connectivity index (χ0n) is 12.1. The molecule has 0 aromatic carbocycles. The van der Waals surface area contributed by atoms with Gasteiger partial charge in [0.25, 0.3) is 0 Å². The van der Waals surface area contributed by atoms with Crippen LogP contribution in [-0.4, -0.2) is 61.0 Å². The van der Waals surface area contributed by atoms with Crippen LogP contribution in [0.15, 0.2) is 0 Å². The summed E-state index contributed by atoms with van der Waals surface area (Å²) in [6, 6.07) is 0.332. The molecule has 0 bridgehead atoms. The van der Waals surface area contributed by atoms with Gasteiger partial charge >= 0.3 is 0 Å². The van der Waals surface area contributed by atoms with Crippen molar-refractivity contribution >= 4 is 0 Å². The van der Waals surface area contributed by atoms with Crippen LogP contribution in [0.5, 0.6) is 0 Å². The Labute approximate surface area is 105 Å². The monoisotopic (exact) mass is 244 g/mol. The van der Waals surface area contributed by atoms with Gasteiger partial charge in [-0.25, -0.2) is 0 Å². The second-order valence-corrected chi connectivity index (χ2v) is 6.17. The van der Waals surface area contributed by atoms with Crippen LogP contribution < -0.4 is 5.32 Å². The van der Waals surface area contributed by atoms with Crippen LogP contribution in [0, 0.1) is 5.92 Å². The molecule has 4 heteroatoms. The average Bonchev–Trinajstić information content (AvgIpc) is 2.31. The van der Waals surface area contributed by atoms with Crippen molar-refractivity contribution in [3.63, 3.8) is 0 Å². The van der Waals surface area contributed by atoms with Crippen molar-refractivity contribution < 1.29 is 9.84 Å². The number of hydrogen-bond acceptors (Lipinski definition) is 4. The summed E-state index contributed by atoms with van der Waals surface area (Å²) >= 11 is 0. The van der Waals surface area contributed by atoms with Crippen molar-refractivity contribution in [2.24, 2.45) is 5.92 Å². The predicted octanol–water partition coefficient (Wildman–Crippen LogP) is 0.702. The van der Waals surface area contributed by atoms with E-state index >= 15 is 0 Å². The highest BCUT2D eigenvalue weighted by molar-refractivity contribution is 5.05. The van der Waals surface area contributed by atoms with E-state index in [0.29, 0.717) is 18.5 Å². The second-order valence-electron chi connectivity index (χ2n) is 6.17. The smallest absolute Gasteiger partial charge is 0.0790 e. The Hall–Kier alpha value is -0.160. The van der Waals surface area contributed by atoms with Crippen LogP contribution >= 0.6 is 0 Å². The van der Waals surface area contributed by atoms with E-state index in [2.05, 4.69) is 37.9 Å². The molecule has 2 atom stereocenters. The van der Waals surface area contributed by atoms with Gasteiger partial charge in [-0.2, -0.15) is 0 Å². The van der Waals surface area contributed by atoms with Gasteiger partial charge in [0.15, 0.2) is 0 Å². The highest BCUT2D eigenvalue weighted by Crippen LogP contribution is 2.42. The summed E-state index contributed by atoms with van der Waals surface area (Å²) in [6.07, 6.45) is 0. The highest BCUT2D eigenvalue weighted by atomic mass is 16.5. The van der Waals surface area contributed by atoms with Gasteiger partial charge in [0.05, 0.1) is 17.8 Å². The lowest BCUT2D eigenvalue weighted by Gasteiger charge is -2.32. The van der Waals surface area contributed by atoms with E-state index in [-0.39, 0.29) is 17.8 Å². The van der Waals surface area contributed by atoms with Crippen LogP contribution in [0.3, 0.4) is 0 Å². The van der Waals surface area contributed by atoms with Crippen LogP contribution in [-0.2, 0) is 4.74 Å². The van der Waals surface area contributed by atoms with E-state index < -0.39 is 0 Å². The molecule has 0 radical (unpaired) electrons. The molecular formula is C13H28N2O2. The van der Waals surface area contributed by atoms with Gasteiger partial charge in [-0.15, -0.1) is 0 Å². The zero-order chi connectivity index (χ0) is 13.3. The van der Waals surface area contributed by atoms with Gasteiger partial charge in [-0.3, -0.25) is 0 Å². The molecule has 0 aromatic heterocycles. The number of aliphatic hydroxyl groups excluding tert-OH is 1. The molecule has 0 aliphatic carbocycles. The average molecular weight is 244 g/mol. The fraction of sp³-hybridized carbons (Fsp3) is 1.00. The summed E-state index contributed by atoms with van der Waals surface area (Å²) < 4.78 is 6.18. The molecule has 0 saturated carbocycles. The molecule has 1 rings (SSSR count). The SMILES string of the molecule is CNC1C(CN(C)CCO)C(C)(C)OC1(C)C. The van der Waals surface area contributed by atoms with E-state index in [1.54, 1.807) is 0 Å². The van der Waals surface area contributed by atoms with Gasteiger partial charge in [0.2, 0.25) is 0 Å². The molecular weight excluding hydrogens is 216 g/mol. The van der Waals surface area contributed by atoms with Gasteiger partial charge in [0, 0.05) is 25.0 Å². The number of nitrogens with zero attached hydrogens (tertiary/aromatic N) is 1. The highest BCUT2D eigenvalue weighted by Gasteiger charge is 2.53. The fourth-order valence-corrected chi connectivity index (χ4v) is 3.17. The molecule has 1 aliphatic rings. The molecule has 0 spiro atoms. The summed E-state index contributed by atoms with van der Waals surface area (Å²) in [5.74, 6) is 0.416. The van der Waals surface area contributed by atoms with Crippen molar-refractivity contribution in [1.29, 1.82) is 0 Å². The van der Waals surface area contributed by atoms with Crippen LogP contribution in [0.1, 0.15) is 27.7 Å². The summed E-state index contributed by atoms with van der Waals surface area (Å²) in [5, 5.41) is 12.4. The number of ether oxygens (including phenoxy) is 1. The van der Waals surface area contributed by atoms with Gasteiger partial charge in [-0.1, -0.05) is 0 Å². The molecule has 0 aromatic rings. The summed E-state index contributed by atoms with van der Waals surface area (Å²) in [5.41, 5.74) is -0.288. The maximum absolute atomic E-state index is 8.98. The molecule has 0 amide bonds. The summed E-state index contributed by atoms with van der Waals surface area (Å²) in [6.45, 7) is 10.4. The third kappa shape index (κ3) is 3.19. The summed E-state index contributed by atoms with van der Waals surface area (Å²) in [4.78, 5) is 2.17. The molecule has 2 unspecified atom stereocenters.